The third kappa shape index (κ3) is 3.28. The standard InChI is InChI=1S/C9H9BrN2O4/c10-7-2-1-5(3-11-7)8(14)12-6(4-13)9(15)16/h1-3,6,13H,4H2,(H,12,14)(H,15,16). The first kappa shape index (κ1) is 12.6. The number of halogens is 1. The molecule has 0 aromatic carbocycles. The highest BCUT2D eigenvalue weighted by molar-refractivity contribution is 9.10. The van der Waals surface area contributed by atoms with Gasteiger partial charge in [0.15, 0.2) is 6.04 Å². The first-order valence-corrected chi connectivity index (χ1v) is 5.10. The number of carbonyl (C=O) groups is 2. The quantitative estimate of drug-likeness (QED) is 0.679. The topological polar surface area (TPSA) is 99.5 Å². The lowest BCUT2D eigenvalue weighted by Crippen LogP contribution is -2.43. The van der Waals surface area contributed by atoms with Gasteiger partial charge in [0.1, 0.15) is 4.60 Å². The number of aromatic nitrogens is 1. The molecule has 0 fully saturated rings. The van der Waals surface area contributed by atoms with Gasteiger partial charge < -0.3 is 15.5 Å². The molecular formula is C9H9BrN2O4. The van der Waals surface area contributed by atoms with Crippen molar-refractivity contribution in [1.29, 1.82) is 0 Å². The van der Waals surface area contributed by atoms with Gasteiger partial charge in [-0.3, -0.25) is 4.79 Å². The highest BCUT2D eigenvalue weighted by atomic mass is 79.9. The van der Waals surface area contributed by atoms with E-state index >= 15 is 0 Å². The van der Waals surface area contributed by atoms with E-state index in [9.17, 15) is 9.59 Å². The molecule has 7 heteroatoms. The Morgan fingerprint density at radius 3 is 2.62 bits per heavy atom. The monoisotopic (exact) mass is 288 g/mol. The smallest absolute Gasteiger partial charge is 0.328 e. The normalized spacial score (nSPS) is 11.9. The van der Waals surface area contributed by atoms with Crippen LogP contribution < -0.4 is 5.32 Å². The summed E-state index contributed by atoms with van der Waals surface area (Å²) in [4.78, 5) is 25.9. The lowest BCUT2D eigenvalue weighted by atomic mass is 10.2. The molecule has 0 saturated heterocycles. The SMILES string of the molecule is O=C(NC(CO)C(=O)O)c1ccc(Br)nc1. The third-order valence-electron chi connectivity index (χ3n) is 1.78. The van der Waals surface area contributed by atoms with E-state index in [0.29, 0.717) is 4.60 Å². The summed E-state index contributed by atoms with van der Waals surface area (Å²) in [6.07, 6.45) is 1.30. The summed E-state index contributed by atoms with van der Waals surface area (Å²) < 4.78 is 0.570. The van der Waals surface area contributed by atoms with Crippen LogP contribution >= 0.6 is 15.9 Å². The van der Waals surface area contributed by atoms with Crippen LogP contribution in [0.3, 0.4) is 0 Å². The van der Waals surface area contributed by atoms with Gasteiger partial charge in [0, 0.05) is 6.20 Å². The molecule has 0 bridgehead atoms. The predicted molar refractivity (Wildman–Crippen MR) is 57.9 cm³/mol. The van der Waals surface area contributed by atoms with Gasteiger partial charge in [0.2, 0.25) is 0 Å². The molecule has 3 N–H and O–H groups in total. The molecule has 0 saturated carbocycles. The number of carbonyl (C=O) groups excluding carboxylic acids is 1. The second-order valence-corrected chi connectivity index (χ2v) is 3.73. The van der Waals surface area contributed by atoms with Crippen molar-refractivity contribution in [3.05, 3.63) is 28.5 Å². The summed E-state index contributed by atoms with van der Waals surface area (Å²) in [6.45, 7) is -0.662. The van der Waals surface area contributed by atoms with E-state index in [0.717, 1.165) is 0 Å². The Morgan fingerprint density at radius 1 is 1.50 bits per heavy atom. The average Bonchev–Trinajstić information content (AvgIpc) is 2.26. The van der Waals surface area contributed by atoms with E-state index in [-0.39, 0.29) is 5.56 Å². The number of nitrogens with one attached hydrogen (secondary N) is 1. The lowest BCUT2D eigenvalue weighted by molar-refractivity contribution is -0.140. The Hall–Kier alpha value is -1.47. The van der Waals surface area contributed by atoms with Crippen molar-refractivity contribution in [2.75, 3.05) is 6.61 Å². The number of nitrogens with zero attached hydrogens (tertiary/aromatic N) is 1. The van der Waals surface area contributed by atoms with Crippen molar-refractivity contribution in [2.45, 2.75) is 6.04 Å². The molecule has 6 nitrogen and oxygen atoms in total. The number of hydrogen-bond donors (Lipinski definition) is 3. The summed E-state index contributed by atoms with van der Waals surface area (Å²) in [7, 11) is 0. The van der Waals surface area contributed by atoms with Crippen molar-refractivity contribution < 1.29 is 19.8 Å². The van der Waals surface area contributed by atoms with Crippen LogP contribution in [0, 0.1) is 0 Å². The summed E-state index contributed by atoms with van der Waals surface area (Å²) in [5.74, 6) is -1.89. The number of carboxylic acid groups (broad SMARTS) is 1. The number of pyridine rings is 1. The Morgan fingerprint density at radius 2 is 2.19 bits per heavy atom. The highest BCUT2D eigenvalue weighted by Gasteiger charge is 2.19. The van der Waals surface area contributed by atoms with Gasteiger partial charge in [-0.15, -0.1) is 0 Å². The fraction of sp³-hybridized carbons (Fsp3) is 0.222. The molecule has 16 heavy (non-hydrogen) atoms. The zero-order valence-corrected chi connectivity index (χ0v) is 9.64. The van der Waals surface area contributed by atoms with Crippen molar-refractivity contribution in [3.8, 4) is 0 Å². The molecule has 1 aromatic heterocycles. The van der Waals surface area contributed by atoms with Crippen molar-refractivity contribution in [1.82, 2.24) is 10.3 Å². The highest BCUT2D eigenvalue weighted by Crippen LogP contribution is 2.06. The summed E-state index contributed by atoms with van der Waals surface area (Å²) >= 11 is 3.11. The molecule has 0 aliphatic carbocycles. The largest absolute Gasteiger partial charge is 0.480 e. The number of hydrogen-bond acceptors (Lipinski definition) is 4. The molecular weight excluding hydrogens is 280 g/mol. The molecule has 0 radical (unpaired) electrons. The van der Waals surface area contributed by atoms with Crippen LogP contribution in [-0.2, 0) is 4.79 Å². The van der Waals surface area contributed by atoms with Crippen molar-refractivity contribution >= 4 is 27.8 Å². The van der Waals surface area contributed by atoms with Gasteiger partial charge in [-0.2, -0.15) is 0 Å². The van der Waals surface area contributed by atoms with E-state index in [1.165, 1.54) is 12.3 Å². The summed E-state index contributed by atoms with van der Waals surface area (Å²) in [6, 6.07) is 1.74. The molecule has 1 amide bonds. The van der Waals surface area contributed by atoms with Crippen LogP contribution in [0.4, 0.5) is 0 Å². The van der Waals surface area contributed by atoms with Crippen molar-refractivity contribution in [3.63, 3.8) is 0 Å². The van der Waals surface area contributed by atoms with Crippen molar-refractivity contribution in [2.24, 2.45) is 0 Å². The van der Waals surface area contributed by atoms with Crippen LogP contribution in [0.25, 0.3) is 0 Å². The zero-order valence-electron chi connectivity index (χ0n) is 8.05. The maximum absolute atomic E-state index is 11.5. The maximum atomic E-state index is 11.5. The lowest BCUT2D eigenvalue weighted by Gasteiger charge is -2.11. The first-order valence-electron chi connectivity index (χ1n) is 4.30. The first-order chi connectivity index (χ1) is 7.54. The second kappa shape index (κ2) is 5.57. The molecule has 1 aromatic rings. The van der Waals surface area contributed by atoms with Crippen LogP contribution in [0.1, 0.15) is 10.4 Å². The minimum atomic E-state index is -1.31. The molecule has 1 atom stereocenters. The van der Waals surface area contributed by atoms with Crippen LogP contribution in [-0.4, -0.2) is 39.7 Å². The minimum Gasteiger partial charge on any atom is -0.480 e. The van der Waals surface area contributed by atoms with Gasteiger partial charge in [-0.25, -0.2) is 9.78 Å². The molecule has 86 valence electrons. The Kier molecular flexibility index (Phi) is 4.39. The van der Waals surface area contributed by atoms with E-state index in [4.69, 9.17) is 10.2 Å². The number of aliphatic hydroxyl groups excluding tert-OH is 1. The molecule has 0 spiro atoms. The fourth-order valence-electron chi connectivity index (χ4n) is 0.937. The van der Waals surface area contributed by atoms with Crippen LogP contribution in [0.5, 0.6) is 0 Å². The summed E-state index contributed by atoms with van der Waals surface area (Å²) in [5.41, 5.74) is 0.225. The average molecular weight is 289 g/mol. The van der Waals surface area contributed by atoms with Gasteiger partial charge in [0.25, 0.3) is 5.91 Å². The Balaban J connectivity index is 2.71. The van der Waals surface area contributed by atoms with E-state index < -0.39 is 24.5 Å². The molecule has 1 rings (SSSR count). The predicted octanol–water partition coefficient (Wildman–Crippen LogP) is 0.0194. The Labute approximate surface area is 99.4 Å². The fourth-order valence-corrected chi connectivity index (χ4v) is 1.17. The number of aliphatic carboxylic acids is 1. The maximum Gasteiger partial charge on any atom is 0.328 e. The van der Waals surface area contributed by atoms with Gasteiger partial charge >= 0.3 is 5.97 Å². The number of rotatable bonds is 4. The molecule has 1 heterocycles. The molecule has 0 aliphatic heterocycles. The minimum absolute atomic E-state index is 0.225. The Bertz CT molecular complexity index is 393. The van der Waals surface area contributed by atoms with Crippen LogP contribution in [0.2, 0.25) is 0 Å². The van der Waals surface area contributed by atoms with E-state index in [1.807, 2.05) is 0 Å². The molecule has 1 unspecified atom stereocenters. The van der Waals surface area contributed by atoms with E-state index in [2.05, 4.69) is 26.2 Å². The second-order valence-electron chi connectivity index (χ2n) is 2.92. The van der Waals surface area contributed by atoms with Gasteiger partial charge in [0.05, 0.1) is 12.2 Å². The van der Waals surface area contributed by atoms with Gasteiger partial charge in [-0.05, 0) is 28.1 Å². The summed E-state index contributed by atoms with van der Waals surface area (Å²) in [5, 5.41) is 19.5. The number of carboxylic acids is 1. The van der Waals surface area contributed by atoms with E-state index in [1.54, 1.807) is 6.07 Å². The van der Waals surface area contributed by atoms with Gasteiger partial charge in [-0.1, -0.05) is 0 Å². The number of aliphatic hydroxyl groups is 1. The van der Waals surface area contributed by atoms with Crippen LogP contribution in [0.15, 0.2) is 22.9 Å². The molecule has 0 aliphatic rings. The number of amides is 1. The third-order valence-corrected chi connectivity index (χ3v) is 2.24. The zero-order chi connectivity index (χ0) is 12.1.